The van der Waals surface area contributed by atoms with E-state index in [-0.39, 0.29) is 0 Å². The zero-order chi connectivity index (χ0) is 31.3. The predicted molar refractivity (Wildman–Crippen MR) is 184 cm³/mol. The van der Waals surface area contributed by atoms with Crippen LogP contribution in [0.5, 0.6) is 5.75 Å². The Kier molecular flexibility index (Phi) is 9.42. The Bertz CT molecular complexity index is 1640. The second-order valence-corrected chi connectivity index (χ2v) is 11.9. The van der Waals surface area contributed by atoms with Crippen LogP contribution < -0.4 is 20.3 Å². The van der Waals surface area contributed by atoms with Gasteiger partial charge in [0.05, 0.1) is 23.8 Å². The number of nitrogens with one attached hydrogen (secondary N) is 2. The molecule has 2 N–H and O–H groups in total. The van der Waals surface area contributed by atoms with Crippen molar-refractivity contribution in [3.05, 3.63) is 66.1 Å². The van der Waals surface area contributed by atoms with Gasteiger partial charge < -0.3 is 25.2 Å². The fourth-order valence-electron chi connectivity index (χ4n) is 6.63. The topological polar surface area (TPSA) is 94.6 Å². The Morgan fingerprint density at radius 1 is 0.933 bits per heavy atom. The predicted octanol–water partition coefficient (Wildman–Crippen LogP) is 5.90. The molecule has 4 heterocycles. The fraction of sp³-hybridized carbons (Fsp3) is 0.429. The molecule has 0 radical (unpaired) electrons. The van der Waals surface area contributed by atoms with Gasteiger partial charge in [0.25, 0.3) is 0 Å². The number of methoxy groups -OCH3 is 1. The first kappa shape index (κ1) is 30.7. The highest BCUT2D eigenvalue weighted by Crippen LogP contribution is 2.37. The summed E-state index contributed by atoms with van der Waals surface area (Å²) in [7, 11) is 3.94. The molecule has 0 unspecified atom stereocenters. The Morgan fingerprint density at radius 3 is 2.42 bits per heavy atom. The van der Waals surface area contributed by atoms with Crippen LogP contribution in [0.25, 0.3) is 17.1 Å². The van der Waals surface area contributed by atoms with Gasteiger partial charge >= 0.3 is 0 Å². The minimum atomic E-state index is 0.475. The molecule has 2 saturated heterocycles. The molecule has 2 aliphatic rings. The molecule has 6 rings (SSSR count). The standard InChI is InChI=1S/C35H45N9O/c1-6-24-21-30(32(45-5)22-31(24)44-15-11-26(12-16-44)43-19-17-42(4)18-20-43)40-35-38-23-25(7-2)34(41-35)39-28-9-10-29-33(27(28)8-3)37-14-13-36-29/h7,9-10,13-14,21-23,26H,2,6,8,11-12,15-20H2,1,3-5H3,(H2,38,39,40,41). The molecule has 2 aromatic carbocycles. The second kappa shape index (κ2) is 13.8. The molecule has 2 fully saturated rings. The monoisotopic (exact) mass is 607 g/mol. The molecule has 0 bridgehead atoms. The smallest absolute Gasteiger partial charge is 0.229 e. The van der Waals surface area contributed by atoms with Crippen molar-refractivity contribution in [1.82, 2.24) is 29.7 Å². The van der Waals surface area contributed by atoms with Gasteiger partial charge in [0.15, 0.2) is 0 Å². The molecule has 0 amide bonds. The molecule has 236 valence electrons. The van der Waals surface area contributed by atoms with Crippen molar-refractivity contribution in [3.63, 3.8) is 0 Å². The third-order valence-electron chi connectivity index (χ3n) is 9.28. The van der Waals surface area contributed by atoms with E-state index in [1.54, 1.807) is 31.8 Å². The number of nitrogens with zero attached hydrogens (tertiary/aromatic N) is 7. The SMILES string of the molecule is C=Cc1cnc(Nc2cc(CC)c(N3CCC(N4CCN(C)CC4)CC3)cc2OC)nc1Nc1ccc2nccnc2c1CC. The number of piperidine rings is 1. The van der Waals surface area contributed by atoms with Crippen molar-refractivity contribution in [1.29, 1.82) is 0 Å². The van der Waals surface area contributed by atoms with E-state index in [0.717, 1.165) is 65.2 Å². The minimum absolute atomic E-state index is 0.475. The first-order chi connectivity index (χ1) is 22.0. The number of benzene rings is 2. The molecule has 0 saturated carbocycles. The Labute approximate surface area is 266 Å². The summed E-state index contributed by atoms with van der Waals surface area (Å²) in [6, 6.07) is 9.05. The van der Waals surface area contributed by atoms with Crippen LogP contribution in [0.4, 0.5) is 28.8 Å². The largest absolute Gasteiger partial charge is 0.494 e. The van der Waals surface area contributed by atoms with Gasteiger partial charge in [0.1, 0.15) is 11.6 Å². The molecule has 2 aromatic heterocycles. The third-order valence-corrected chi connectivity index (χ3v) is 9.28. The van der Waals surface area contributed by atoms with E-state index in [4.69, 9.17) is 9.72 Å². The summed E-state index contributed by atoms with van der Waals surface area (Å²) in [5.41, 5.74) is 7.96. The lowest BCUT2D eigenvalue weighted by atomic mass is 9.99. The molecule has 10 nitrogen and oxygen atoms in total. The highest BCUT2D eigenvalue weighted by atomic mass is 16.5. The van der Waals surface area contributed by atoms with Crippen molar-refractivity contribution in [2.75, 3.05) is 69.0 Å². The first-order valence-electron chi connectivity index (χ1n) is 16.2. The van der Waals surface area contributed by atoms with Gasteiger partial charge in [-0.25, -0.2) is 4.98 Å². The lowest BCUT2D eigenvalue weighted by molar-refractivity contribution is 0.0982. The van der Waals surface area contributed by atoms with Crippen LogP contribution in [0.2, 0.25) is 0 Å². The van der Waals surface area contributed by atoms with E-state index in [1.807, 2.05) is 12.1 Å². The molecule has 0 atom stereocenters. The Hall–Kier alpha value is -4.28. The third kappa shape index (κ3) is 6.57. The van der Waals surface area contributed by atoms with E-state index in [1.165, 1.54) is 50.3 Å². The number of fused-ring (bicyclic) bond motifs is 1. The number of aryl methyl sites for hydroxylation is 2. The molecule has 10 heteroatoms. The second-order valence-electron chi connectivity index (χ2n) is 11.9. The van der Waals surface area contributed by atoms with Crippen LogP contribution in [0.15, 0.2) is 49.4 Å². The van der Waals surface area contributed by atoms with E-state index in [0.29, 0.717) is 17.8 Å². The zero-order valence-electron chi connectivity index (χ0n) is 27.0. The number of rotatable bonds is 10. The summed E-state index contributed by atoms with van der Waals surface area (Å²) in [5, 5.41) is 6.96. The van der Waals surface area contributed by atoms with Gasteiger partial charge in [0.2, 0.25) is 5.95 Å². The van der Waals surface area contributed by atoms with Crippen molar-refractivity contribution in [2.45, 2.75) is 45.6 Å². The summed E-state index contributed by atoms with van der Waals surface area (Å²) in [6.07, 6.45) is 11.1. The van der Waals surface area contributed by atoms with Gasteiger partial charge in [-0.3, -0.25) is 14.9 Å². The van der Waals surface area contributed by atoms with Crippen molar-refractivity contribution >= 4 is 45.9 Å². The van der Waals surface area contributed by atoms with Crippen LogP contribution in [0, 0.1) is 0 Å². The normalized spacial score (nSPS) is 16.6. The molecular formula is C35H45N9O. The van der Waals surface area contributed by atoms with Gasteiger partial charge in [-0.1, -0.05) is 26.5 Å². The maximum absolute atomic E-state index is 5.91. The van der Waals surface area contributed by atoms with Crippen LogP contribution in [0.1, 0.15) is 43.4 Å². The van der Waals surface area contributed by atoms with Gasteiger partial charge in [0, 0.05) is 92.5 Å². The summed E-state index contributed by atoms with van der Waals surface area (Å²) in [6.45, 7) is 15.1. The minimum Gasteiger partial charge on any atom is -0.494 e. The van der Waals surface area contributed by atoms with Crippen LogP contribution in [0.3, 0.4) is 0 Å². The average molecular weight is 608 g/mol. The van der Waals surface area contributed by atoms with Gasteiger partial charge in [-0.05, 0) is 56.5 Å². The van der Waals surface area contributed by atoms with Gasteiger partial charge in [-0.15, -0.1) is 0 Å². The van der Waals surface area contributed by atoms with Crippen LogP contribution >= 0.6 is 0 Å². The molecule has 0 spiro atoms. The fourth-order valence-corrected chi connectivity index (χ4v) is 6.63. The van der Waals surface area contributed by atoms with Crippen LogP contribution in [-0.4, -0.2) is 89.2 Å². The van der Waals surface area contributed by atoms with E-state index in [2.05, 4.69) is 79.9 Å². The highest BCUT2D eigenvalue weighted by molar-refractivity contribution is 5.85. The lowest BCUT2D eigenvalue weighted by Gasteiger charge is -2.43. The number of piperazine rings is 1. The molecule has 2 aliphatic heterocycles. The van der Waals surface area contributed by atoms with Crippen molar-refractivity contribution < 1.29 is 4.74 Å². The Balaban J connectivity index is 1.22. The number of anilines is 5. The van der Waals surface area contributed by atoms with E-state index < -0.39 is 0 Å². The maximum Gasteiger partial charge on any atom is 0.229 e. The number of hydrogen-bond acceptors (Lipinski definition) is 10. The van der Waals surface area contributed by atoms with E-state index in [9.17, 15) is 0 Å². The molecule has 4 aromatic rings. The number of hydrogen-bond donors (Lipinski definition) is 2. The van der Waals surface area contributed by atoms with Crippen molar-refractivity contribution in [2.24, 2.45) is 0 Å². The Morgan fingerprint density at radius 2 is 1.71 bits per heavy atom. The van der Waals surface area contributed by atoms with Crippen LogP contribution in [-0.2, 0) is 12.8 Å². The first-order valence-corrected chi connectivity index (χ1v) is 16.2. The quantitative estimate of drug-likeness (QED) is 0.227. The summed E-state index contributed by atoms with van der Waals surface area (Å²) >= 11 is 0. The van der Waals surface area contributed by atoms with Gasteiger partial charge in [-0.2, -0.15) is 4.98 Å². The number of aromatic nitrogens is 4. The molecular weight excluding hydrogens is 562 g/mol. The van der Waals surface area contributed by atoms with Crippen molar-refractivity contribution in [3.8, 4) is 5.75 Å². The van der Waals surface area contributed by atoms with E-state index >= 15 is 0 Å². The molecule has 45 heavy (non-hydrogen) atoms. The number of ether oxygens (including phenoxy) is 1. The lowest BCUT2D eigenvalue weighted by Crippen LogP contribution is -2.52. The zero-order valence-corrected chi connectivity index (χ0v) is 27.0. The summed E-state index contributed by atoms with van der Waals surface area (Å²) < 4.78 is 5.91. The number of likely N-dealkylation sites (N-methyl/N-ethyl adjacent to an activating group) is 1. The molecule has 0 aliphatic carbocycles. The highest BCUT2D eigenvalue weighted by Gasteiger charge is 2.28. The average Bonchev–Trinajstić information content (AvgIpc) is 3.08. The maximum atomic E-state index is 5.91. The summed E-state index contributed by atoms with van der Waals surface area (Å²) in [5.74, 6) is 1.91. The summed E-state index contributed by atoms with van der Waals surface area (Å²) in [4.78, 5) is 26.2.